The highest BCUT2D eigenvalue weighted by atomic mass is 35.5. The van der Waals surface area contributed by atoms with E-state index in [9.17, 15) is 19.1 Å². The van der Waals surface area contributed by atoms with Gasteiger partial charge in [-0.2, -0.15) is 0 Å². The fraction of sp³-hybridized carbons (Fsp3) is 0.0952. The van der Waals surface area contributed by atoms with E-state index in [1.165, 1.54) is 28.8 Å². The lowest BCUT2D eigenvalue weighted by molar-refractivity contribution is 0.0699. The third kappa shape index (κ3) is 4.34. The van der Waals surface area contributed by atoms with Crippen LogP contribution in [0.4, 0.5) is 10.1 Å². The zero-order chi connectivity index (χ0) is 21.8. The van der Waals surface area contributed by atoms with Crippen molar-refractivity contribution in [2.75, 3.05) is 5.32 Å². The van der Waals surface area contributed by atoms with Crippen molar-refractivity contribution in [3.8, 4) is 10.4 Å². The lowest BCUT2D eigenvalue weighted by atomic mass is 10.1. The molecular weight excluding hydrogens is 431 g/mol. The Morgan fingerprint density at radius 2 is 1.87 bits per heavy atom. The fourth-order valence-corrected chi connectivity index (χ4v) is 3.78. The van der Waals surface area contributed by atoms with Crippen LogP contribution >= 0.6 is 22.9 Å². The van der Waals surface area contributed by atoms with Gasteiger partial charge in [0.1, 0.15) is 16.9 Å². The molecule has 0 bridgehead atoms. The molecule has 0 spiro atoms. The van der Waals surface area contributed by atoms with Crippen molar-refractivity contribution < 1.29 is 23.5 Å². The highest BCUT2D eigenvalue weighted by molar-refractivity contribution is 7.14. The van der Waals surface area contributed by atoms with E-state index in [2.05, 4.69) is 10.3 Å². The molecule has 0 saturated heterocycles. The Balaban J connectivity index is 0.00000124. The minimum Gasteiger partial charge on any atom is -0.478 e. The number of rotatable bonds is 4. The number of carbonyl (C=O) groups is 2. The van der Waals surface area contributed by atoms with E-state index < -0.39 is 17.7 Å². The van der Waals surface area contributed by atoms with Crippen LogP contribution in [0.25, 0.3) is 21.5 Å². The van der Waals surface area contributed by atoms with Gasteiger partial charge in [-0.25, -0.2) is 14.2 Å². The van der Waals surface area contributed by atoms with E-state index in [0.717, 1.165) is 6.07 Å². The summed E-state index contributed by atoms with van der Waals surface area (Å²) in [5, 5.41) is 14.2. The summed E-state index contributed by atoms with van der Waals surface area (Å²) in [7, 11) is 0. The van der Waals surface area contributed by atoms with Gasteiger partial charge >= 0.3 is 11.9 Å². The molecule has 9 heteroatoms. The minimum absolute atomic E-state index is 0.0529. The second kappa shape index (κ2) is 9.06. The molecular formula is C21H16ClFN2O4S. The molecule has 0 aliphatic rings. The van der Waals surface area contributed by atoms with E-state index in [1.54, 1.807) is 24.3 Å². The largest absolute Gasteiger partial charge is 0.478 e. The first-order valence-corrected chi connectivity index (χ1v) is 10.2. The van der Waals surface area contributed by atoms with Crippen molar-refractivity contribution in [2.24, 2.45) is 0 Å². The molecule has 2 heterocycles. The number of amides is 1. The molecule has 2 aromatic carbocycles. The predicted molar refractivity (Wildman–Crippen MR) is 115 cm³/mol. The maximum atomic E-state index is 13.3. The van der Waals surface area contributed by atoms with Crippen LogP contribution in [-0.2, 0) is 0 Å². The number of carbonyl (C=O) groups excluding carboxylic acids is 1. The van der Waals surface area contributed by atoms with Crippen LogP contribution in [0.3, 0.4) is 0 Å². The first-order chi connectivity index (χ1) is 14.4. The van der Waals surface area contributed by atoms with Gasteiger partial charge in [-0.1, -0.05) is 37.6 Å². The molecule has 2 N–H and O–H groups in total. The summed E-state index contributed by atoms with van der Waals surface area (Å²) in [6.45, 7) is 4.00. The molecule has 0 aliphatic carbocycles. The van der Waals surface area contributed by atoms with Gasteiger partial charge in [-0.15, -0.1) is 11.3 Å². The highest BCUT2D eigenvalue weighted by Crippen LogP contribution is 2.36. The molecule has 0 radical (unpaired) electrons. The Hall–Kier alpha value is -3.23. The van der Waals surface area contributed by atoms with Crippen LogP contribution < -0.4 is 5.32 Å². The van der Waals surface area contributed by atoms with E-state index in [4.69, 9.17) is 16.0 Å². The lowest BCUT2D eigenvalue weighted by Gasteiger charge is -2.04. The van der Waals surface area contributed by atoms with Crippen molar-refractivity contribution in [1.29, 1.82) is 0 Å². The molecule has 2 aromatic heterocycles. The number of hydrogen-bond acceptors (Lipinski definition) is 5. The Kier molecular flexibility index (Phi) is 6.49. The van der Waals surface area contributed by atoms with Crippen molar-refractivity contribution in [3.63, 3.8) is 0 Å². The number of aromatic carboxylic acids is 1. The molecule has 4 aromatic rings. The number of thiophene rings is 1. The maximum absolute atomic E-state index is 13.3. The number of nitrogens with zero attached hydrogens (tertiary/aromatic N) is 1. The Labute approximate surface area is 179 Å². The molecule has 6 nitrogen and oxygen atoms in total. The normalized spacial score (nSPS) is 10.4. The van der Waals surface area contributed by atoms with Crippen LogP contribution in [0.2, 0.25) is 5.02 Å². The number of anilines is 1. The summed E-state index contributed by atoms with van der Waals surface area (Å²) in [4.78, 5) is 28.7. The van der Waals surface area contributed by atoms with Crippen LogP contribution in [0.5, 0.6) is 0 Å². The standard InChI is InChI=1S/C19H10ClFN2O4S.C2H6/c20-10-3-1-9(2-4-10)16-15(19(25)26)13(8-28-16)22-17(24)18-23-12-7-11(21)5-6-14(12)27-18;1-2/h1-8H,(H,22,24)(H,25,26);1-2H3. The van der Waals surface area contributed by atoms with Crippen molar-refractivity contribution in [3.05, 3.63) is 70.1 Å². The SMILES string of the molecule is CC.O=C(Nc1csc(-c2ccc(Cl)cc2)c1C(=O)O)c1nc2cc(F)ccc2o1. The Morgan fingerprint density at radius 1 is 1.17 bits per heavy atom. The Bertz CT molecular complexity index is 1220. The van der Waals surface area contributed by atoms with E-state index in [-0.39, 0.29) is 28.2 Å². The third-order valence-electron chi connectivity index (χ3n) is 3.90. The summed E-state index contributed by atoms with van der Waals surface area (Å²) in [6, 6.07) is 10.4. The third-order valence-corrected chi connectivity index (χ3v) is 5.18. The molecule has 154 valence electrons. The van der Waals surface area contributed by atoms with Crippen LogP contribution in [0, 0.1) is 5.82 Å². The maximum Gasteiger partial charge on any atom is 0.339 e. The number of halogens is 2. The topological polar surface area (TPSA) is 92.4 Å². The van der Waals surface area contributed by atoms with Gasteiger partial charge in [-0.05, 0) is 29.8 Å². The number of hydrogen-bond donors (Lipinski definition) is 2. The molecule has 30 heavy (non-hydrogen) atoms. The van der Waals surface area contributed by atoms with Crippen molar-refractivity contribution in [1.82, 2.24) is 4.98 Å². The number of benzene rings is 2. The molecule has 0 fully saturated rings. The lowest BCUT2D eigenvalue weighted by Crippen LogP contribution is -2.14. The summed E-state index contributed by atoms with van der Waals surface area (Å²) in [5.41, 5.74) is 1.15. The number of carboxylic acid groups (broad SMARTS) is 1. The number of carboxylic acids is 1. The number of oxazole rings is 1. The summed E-state index contributed by atoms with van der Waals surface area (Å²) >= 11 is 7.04. The predicted octanol–water partition coefficient (Wildman–Crippen LogP) is 6.33. The summed E-state index contributed by atoms with van der Waals surface area (Å²) in [6.07, 6.45) is 0. The molecule has 0 atom stereocenters. The Morgan fingerprint density at radius 3 is 2.53 bits per heavy atom. The van der Waals surface area contributed by atoms with Gasteiger partial charge in [0, 0.05) is 16.5 Å². The van der Waals surface area contributed by atoms with Gasteiger partial charge in [0.05, 0.1) is 10.6 Å². The van der Waals surface area contributed by atoms with Crippen molar-refractivity contribution >= 4 is 51.6 Å². The van der Waals surface area contributed by atoms with Crippen LogP contribution in [0.1, 0.15) is 34.9 Å². The van der Waals surface area contributed by atoms with E-state index >= 15 is 0 Å². The van der Waals surface area contributed by atoms with Crippen LogP contribution in [0.15, 0.2) is 52.3 Å². The number of aromatic nitrogens is 1. The zero-order valence-corrected chi connectivity index (χ0v) is 17.5. The number of fused-ring (bicyclic) bond motifs is 1. The van der Waals surface area contributed by atoms with Gasteiger partial charge in [0.25, 0.3) is 5.89 Å². The second-order valence-corrected chi connectivity index (χ2v) is 7.07. The average Bonchev–Trinajstić information content (AvgIpc) is 3.34. The molecule has 1 amide bonds. The van der Waals surface area contributed by atoms with Crippen molar-refractivity contribution in [2.45, 2.75) is 13.8 Å². The van der Waals surface area contributed by atoms with E-state index in [0.29, 0.717) is 15.5 Å². The average molecular weight is 447 g/mol. The van der Waals surface area contributed by atoms with Crippen LogP contribution in [-0.4, -0.2) is 22.0 Å². The molecule has 0 unspecified atom stereocenters. The van der Waals surface area contributed by atoms with Gasteiger partial charge in [-0.3, -0.25) is 4.79 Å². The van der Waals surface area contributed by atoms with Gasteiger partial charge in [0.15, 0.2) is 5.58 Å². The summed E-state index contributed by atoms with van der Waals surface area (Å²) < 4.78 is 18.6. The monoisotopic (exact) mass is 446 g/mol. The molecule has 4 rings (SSSR count). The fourth-order valence-electron chi connectivity index (χ4n) is 2.65. The summed E-state index contributed by atoms with van der Waals surface area (Å²) in [5.74, 6) is -2.73. The van der Waals surface area contributed by atoms with Gasteiger partial charge < -0.3 is 14.8 Å². The zero-order valence-electron chi connectivity index (χ0n) is 15.9. The molecule has 0 aliphatic heterocycles. The smallest absolute Gasteiger partial charge is 0.339 e. The number of nitrogens with one attached hydrogen (secondary N) is 1. The first kappa shape index (κ1) is 21.5. The quantitative estimate of drug-likeness (QED) is 0.382. The molecule has 0 saturated carbocycles. The minimum atomic E-state index is -1.19. The highest BCUT2D eigenvalue weighted by Gasteiger charge is 2.23. The first-order valence-electron chi connectivity index (χ1n) is 8.90. The van der Waals surface area contributed by atoms with Gasteiger partial charge in [0.2, 0.25) is 0 Å². The van der Waals surface area contributed by atoms with E-state index in [1.807, 2.05) is 13.8 Å². The second-order valence-electron chi connectivity index (χ2n) is 5.75.